The smallest absolute Gasteiger partial charge is 0.263 e. The fourth-order valence-electron chi connectivity index (χ4n) is 1.86. The summed E-state index contributed by atoms with van der Waals surface area (Å²) in [6.07, 6.45) is 0. The second-order valence-corrected chi connectivity index (χ2v) is 6.90. The molecule has 9 heteroatoms. The van der Waals surface area contributed by atoms with E-state index in [1.807, 2.05) is 0 Å². The number of anilines is 1. The Morgan fingerprint density at radius 1 is 1.17 bits per heavy atom. The van der Waals surface area contributed by atoms with Crippen LogP contribution in [0.25, 0.3) is 0 Å². The summed E-state index contributed by atoms with van der Waals surface area (Å²) in [4.78, 5) is 11.1. The maximum atomic E-state index is 12.5. The second-order valence-electron chi connectivity index (χ2n) is 4.43. The van der Waals surface area contributed by atoms with Gasteiger partial charge in [-0.05, 0) is 18.2 Å². The average Bonchev–Trinajstić information content (AvgIpc) is 2.48. The number of hydrogen-bond donors (Lipinski definition) is 2. The van der Waals surface area contributed by atoms with Crippen molar-refractivity contribution in [3.8, 4) is 5.75 Å². The molecule has 1 amide bonds. The third kappa shape index (κ3) is 3.69. The molecule has 0 saturated carbocycles. The van der Waals surface area contributed by atoms with E-state index >= 15 is 0 Å². The predicted octanol–water partition coefficient (Wildman–Crippen LogP) is 2.90. The number of carbonyl (C=O) groups excluding carboxylic acids is 1. The van der Waals surface area contributed by atoms with Crippen molar-refractivity contribution >= 4 is 44.8 Å². The van der Waals surface area contributed by atoms with Crippen LogP contribution in [0.2, 0.25) is 10.0 Å². The minimum Gasteiger partial charge on any atom is -0.495 e. The molecule has 23 heavy (non-hydrogen) atoms. The Labute approximate surface area is 143 Å². The molecule has 0 aliphatic carbocycles. The standard InChI is InChI=1S/C14H12Cl2N2O4S/c1-22-12-6-10(16)13(7-9(12)15)23(20,21)18-11-5-3-2-4-8(11)14(17)19/h2-7,18H,1H3,(H2,17,19). The second kappa shape index (κ2) is 6.66. The normalized spacial score (nSPS) is 11.1. The van der Waals surface area contributed by atoms with Gasteiger partial charge in [0.15, 0.2) is 0 Å². The zero-order chi connectivity index (χ0) is 17.2. The molecule has 0 aliphatic rings. The first-order valence-electron chi connectivity index (χ1n) is 6.21. The molecule has 2 rings (SSSR count). The molecule has 0 radical (unpaired) electrons. The molecule has 6 nitrogen and oxygen atoms in total. The molecule has 2 aromatic rings. The maximum absolute atomic E-state index is 12.5. The number of para-hydroxylation sites is 1. The highest BCUT2D eigenvalue weighted by Gasteiger charge is 2.22. The van der Waals surface area contributed by atoms with Crippen molar-refractivity contribution in [2.24, 2.45) is 5.73 Å². The SMILES string of the molecule is COc1cc(Cl)c(S(=O)(=O)Nc2ccccc2C(N)=O)cc1Cl. The van der Waals surface area contributed by atoms with Crippen molar-refractivity contribution in [2.45, 2.75) is 4.90 Å². The van der Waals surface area contributed by atoms with Gasteiger partial charge in [-0.3, -0.25) is 9.52 Å². The largest absolute Gasteiger partial charge is 0.495 e. The molecule has 0 heterocycles. The minimum absolute atomic E-state index is 0.0341. The fraction of sp³-hybridized carbons (Fsp3) is 0.0714. The van der Waals surface area contributed by atoms with E-state index in [9.17, 15) is 13.2 Å². The molecule has 0 atom stereocenters. The Hall–Kier alpha value is -1.96. The van der Waals surface area contributed by atoms with Gasteiger partial charge in [0.25, 0.3) is 15.9 Å². The molecule has 0 spiro atoms. The quantitative estimate of drug-likeness (QED) is 0.840. The highest BCUT2D eigenvalue weighted by atomic mass is 35.5. The van der Waals surface area contributed by atoms with Crippen LogP contribution in [0.4, 0.5) is 5.69 Å². The predicted molar refractivity (Wildman–Crippen MR) is 88.8 cm³/mol. The first kappa shape index (κ1) is 17.4. The number of amides is 1. The summed E-state index contributed by atoms with van der Waals surface area (Å²) in [5.41, 5.74) is 5.31. The number of rotatable bonds is 5. The van der Waals surface area contributed by atoms with E-state index < -0.39 is 15.9 Å². The number of benzene rings is 2. The molecule has 122 valence electrons. The number of sulfonamides is 1. The molecule has 0 aromatic heterocycles. The van der Waals surface area contributed by atoms with Gasteiger partial charge < -0.3 is 10.5 Å². The minimum atomic E-state index is -4.08. The summed E-state index contributed by atoms with van der Waals surface area (Å²) in [6.45, 7) is 0. The summed E-state index contributed by atoms with van der Waals surface area (Å²) in [5, 5.41) is 0.00997. The van der Waals surface area contributed by atoms with Crippen molar-refractivity contribution in [3.05, 3.63) is 52.0 Å². The molecule has 0 saturated heterocycles. The number of carbonyl (C=O) groups is 1. The lowest BCUT2D eigenvalue weighted by Gasteiger charge is -2.13. The monoisotopic (exact) mass is 374 g/mol. The van der Waals surface area contributed by atoms with Crippen LogP contribution in [0.3, 0.4) is 0 Å². The van der Waals surface area contributed by atoms with Crippen LogP contribution in [-0.4, -0.2) is 21.4 Å². The number of primary amides is 1. The maximum Gasteiger partial charge on any atom is 0.263 e. The molecular formula is C14H12Cl2N2O4S. The van der Waals surface area contributed by atoms with Crippen LogP contribution in [0.1, 0.15) is 10.4 Å². The van der Waals surface area contributed by atoms with E-state index in [0.29, 0.717) is 0 Å². The summed E-state index contributed by atoms with van der Waals surface area (Å²) in [7, 11) is -2.70. The summed E-state index contributed by atoms with van der Waals surface area (Å²) < 4.78 is 32.3. The Morgan fingerprint density at radius 2 is 1.83 bits per heavy atom. The van der Waals surface area contributed by atoms with Crippen LogP contribution < -0.4 is 15.2 Å². The van der Waals surface area contributed by atoms with Gasteiger partial charge in [-0.1, -0.05) is 35.3 Å². The van der Waals surface area contributed by atoms with Gasteiger partial charge in [-0.25, -0.2) is 8.42 Å². The lowest BCUT2D eigenvalue weighted by Crippen LogP contribution is -2.19. The molecule has 3 N–H and O–H groups in total. The van der Waals surface area contributed by atoms with Crippen LogP contribution in [-0.2, 0) is 10.0 Å². The first-order valence-corrected chi connectivity index (χ1v) is 8.45. The van der Waals surface area contributed by atoms with Crippen molar-refractivity contribution in [2.75, 3.05) is 11.8 Å². The number of nitrogens with two attached hydrogens (primary N) is 1. The van der Waals surface area contributed by atoms with Crippen molar-refractivity contribution in [1.82, 2.24) is 0 Å². The number of nitrogens with one attached hydrogen (secondary N) is 1. The highest BCUT2D eigenvalue weighted by molar-refractivity contribution is 7.92. The third-order valence-corrected chi connectivity index (χ3v) is 5.06. The lowest BCUT2D eigenvalue weighted by atomic mass is 10.2. The van der Waals surface area contributed by atoms with Gasteiger partial charge in [0.1, 0.15) is 10.6 Å². The van der Waals surface area contributed by atoms with Gasteiger partial charge in [-0.2, -0.15) is 0 Å². The number of hydrogen-bond acceptors (Lipinski definition) is 4. The van der Waals surface area contributed by atoms with E-state index in [1.54, 1.807) is 12.1 Å². The Bertz CT molecular complexity index is 869. The molecule has 0 aliphatic heterocycles. The molecular weight excluding hydrogens is 363 g/mol. The van der Waals surface area contributed by atoms with E-state index in [-0.39, 0.29) is 31.9 Å². The number of ether oxygens (including phenoxy) is 1. The summed E-state index contributed by atoms with van der Waals surface area (Å²) in [6, 6.07) is 8.40. The topological polar surface area (TPSA) is 98.5 Å². The van der Waals surface area contributed by atoms with Gasteiger partial charge in [0.2, 0.25) is 0 Å². The van der Waals surface area contributed by atoms with E-state index in [1.165, 1.54) is 25.3 Å². The Kier molecular flexibility index (Phi) is 5.03. The number of halogens is 2. The van der Waals surface area contributed by atoms with Crippen LogP contribution >= 0.6 is 23.2 Å². The number of methoxy groups -OCH3 is 1. The van der Waals surface area contributed by atoms with Crippen LogP contribution in [0.5, 0.6) is 5.75 Å². The average molecular weight is 375 g/mol. The molecule has 0 unspecified atom stereocenters. The van der Waals surface area contributed by atoms with E-state index in [2.05, 4.69) is 4.72 Å². The highest BCUT2D eigenvalue weighted by Crippen LogP contribution is 2.34. The van der Waals surface area contributed by atoms with Gasteiger partial charge in [0.05, 0.1) is 28.4 Å². The first-order chi connectivity index (χ1) is 10.8. The molecule has 2 aromatic carbocycles. The zero-order valence-corrected chi connectivity index (χ0v) is 14.2. The molecule has 0 fully saturated rings. The van der Waals surface area contributed by atoms with Gasteiger partial charge >= 0.3 is 0 Å². The lowest BCUT2D eigenvalue weighted by molar-refractivity contribution is 0.100. The van der Waals surface area contributed by atoms with Crippen molar-refractivity contribution < 1.29 is 17.9 Å². The molecule has 0 bridgehead atoms. The van der Waals surface area contributed by atoms with Crippen molar-refractivity contribution in [1.29, 1.82) is 0 Å². The van der Waals surface area contributed by atoms with Crippen molar-refractivity contribution in [3.63, 3.8) is 0 Å². The third-order valence-electron chi connectivity index (χ3n) is 2.93. The van der Waals surface area contributed by atoms with Gasteiger partial charge in [-0.15, -0.1) is 0 Å². The summed E-state index contributed by atoms with van der Waals surface area (Å²) >= 11 is 11.9. The summed E-state index contributed by atoms with van der Waals surface area (Å²) in [5.74, 6) is -0.518. The Morgan fingerprint density at radius 3 is 2.43 bits per heavy atom. The zero-order valence-electron chi connectivity index (χ0n) is 11.8. The Balaban J connectivity index is 2.49. The van der Waals surface area contributed by atoms with Crippen LogP contribution in [0, 0.1) is 0 Å². The van der Waals surface area contributed by atoms with Crippen LogP contribution in [0.15, 0.2) is 41.3 Å². The van der Waals surface area contributed by atoms with E-state index in [0.717, 1.165) is 6.07 Å². The van der Waals surface area contributed by atoms with Gasteiger partial charge in [0, 0.05) is 6.07 Å². The fourth-order valence-corrected chi connectivity index (χ4v) is 3.79. The van der Waals surface area contributed by atoms with E-state index in [4.69, 9.17) is 33.7 Å².